The summed E-state index contributed by atoms with van der Waals surface area (Å²) in [6.07, 6.45) is 6.48. The number of fused-ring (bicyclic) bond motifs is 1. The van der Waals surface area contributed by atoms with Gasteiger partial charge in [0.15, 0.2) is 0 Å². The Kier molecular flexibility index (Phi) is 4.73. The Morgan fingerprint density at radius 3 is 2.36 bits per heavy atom. The maximum atomic E-state index is 13.2. The van der Waals surface area contributed by atoms with E-state index < -0.39 is 0 Å². The number of amides is 1. The molecule has 3 nitrogen and oxygen atoms in total. The normalized spacial score (nSPS) is 18.8. The number of hydrogen-bond donors (Lipinski definition) is 0. The van der Waals surface area contributed by atoms with E-state index in [0.29, 0.717) is 12.6 Å². The fourth-order valence-electron chi connectivity index (χ4n) is 4.25. The molecule has 1 amide bonds. The Morgan fingerprint density at radius 1 is 0.840 bits per heavy atom. The molecule has 0 saturated heterocycles. The Labute approximate surface area is 150 Å². The molecule has 0 atom stereocenters. The molecule has 2 aliphatic rings. The van der Waals surface area contributed by atoms with Gasteiger partial charge in [-0.25, -0.2) is 0 Å². The molecule has 0 bridgehead atoms. The van der Waals surface area contributed by atoms with Crippen LogP contribution < -0.4 is 4.90 Å². The molecule has 2 aromatic carbocycles. The number of rotatable bonds is 3. The first-order chi connectivity index (χ1) is 12.3. The molecule has 1 aliphatic heterocycles. The number of benzene rings is 2. The number of hydrogen-bond acceptors (Lipinski definition) is 2. The number of anilines is 1. The monoisotopic (exact) mass is 334 g/mol. The molecule has 0 aromatic heterocycles. The largest absolute Gasteiger partial charge is 0.366 e. The van der Waals surface area contributed by atoms with E-state index in [0.717, 1.165) is 24.3 Å². The molecule has 0 radical (unpaired) electrons. The third kappa shape index (κ3) is 3.41. The molecule has 1 heterocycles. The lowest BCUT2D eigenvalue weighted by Gasteiger charge is -2.36. The summed E-state index contributed by atoms with van der Waals surface area (Å²) < 4.78 is 0. The third-order valence-electron chi connectivity index (χ3n) is 5.57. The van der Waals surface area contributed by atoms with Gasteiger partial charge >= 0.3 is 0 Å². The third-order valence-corrected chi connectivity index (χ3v) is 5.57. The van der Waals surface area contributed by atoms with Crippen molar-refractivity contribution in [3.05, 3.63) is 65.7 Å². The van der Waals surface area contributed by atoms with Gasteiger partial charge in [0.2, 0.25) is 0 Å². The Bertz CT molecular complexity index is 722. The standard InChI is InChI=1S/C22H26N2O/c25-22-20-13-7-8-14-21(20)24(19-11-5-2-6-12-19)16-15-23(22)17-18-9-3-1-4-10-18/h1,3-4,7-10,13-14,19H,2,5-6,11-12,15-17H2. The molecule has 0 N–H and O–H groups in total. The lowest BCUT2D eigenvalue weighted by atomic mass is 9.93. The summed E-state index contributed by atoms with van der Waals surface area (Å²) in [5.74, 6) is 0.165. The lowest BCUT2D eigenvalue weighted by molar-refractivity contribution is 0.0754. The highest BCUT2D eigenvalue weighted by atomic mass is 16.2. The molecule has 0 unspecified atom stereocenters. The van der Waals surface area contributed by atoms with Crippen LogP contribution in [0, 0.1) is 0 Å². The van der Waals surface area contributed by atoms with E-state index in [9.17, 15) is 4.79 Å². The van der Waals surface area contributed by atoms with E-state index >= 15 is 0 Å². The van der Waals surface area contributed by atoms with Crippen molar-refractivity contribution >= 4 is 11.6 Å². The van der Waals surface area contributed by atoms with Crippen LogP contribution in [0.15, 0.2) is 54.6 Å². The highest BCUT2D eigenvalue weighted by Gasteiger charge is 2.30. The van der Waals surface area contributed by atoms with Gasteiger partial charge in [-0.2, -0.15) is 0 Å². The summed E-state index contributed by atoms with van der Waals surface area (Å²) in [6.45, 7) is 2.41. The zero-order chi connectivity index (χ0) is 17.1. The van der Waals surface area contributed by atoms with E-state index in [4.69, 9.17) is 0 Å². The molecular weight excluding hydrogens is 308 g/mol. The summed E-state index contributed by atoms with van der Waals surface area (Å²) >= 11 is 0. The zero-order valence-electron chi connectivity index (χ0n) is 14.7. The van der Waals surface area contributed by atoms with Crippen LogP contribution in [0.3, 0.4) is 0 Å². The Hall–Kier alpha value is -2.29. The van der Waals surface area contributed by atoms with Gasteiger partial charge in [0.1, 0.15) is 0 Å². The van der Waals surface area contributed by atoms with Gasteiger partial charge in [-0.1, -0.05) is 61.7 Å². The number of carbonyl (C=O) groups is 1. The molecule has 25 heavy (non-hydrogen) atoms. The summed E-state index contributed by atoms with van der Waals surface area (Å²) in [5, 5.41) is 0. The molecular formula is C22H26N2O. The lowest BCUT2D eigenvalue weighted by Crippen LogP contribution is -2.40. The molecule has 3 heteroatoms. The van der Waals surface area contributed by atoms with Crippen LogP contribution in [0.4, 0.5) is 5.69 Å². The van der Waals surface area contributed by atoms with E-state index in [-0.39, 0.29) is 5.91 Å². The zero-order valence-corrected chi connectivity index (χ0v) is 14.7. The molecule has 0 spiro atoms. The first-order valence-corrected chi connectivity index (χ1v) is 9.52. The summed E-state index contributed by atoms with van der Waals surface area (Å²) in [4.78, 5) is 17.7. The van der Waals surface area contributed by atoms with Gasteiger partial charge in [-0.05, 0) is 30.5 Å². The van der Waals surface area contributed by atoms with Crippen LogP contribution in [-0.2, 0) is 6.54 Å². The van der Waals surface area contributed by atoms with Crippen LogP contribution in [0.1, 0.15) is 48.0 Å². The predicted octanol–water partition coefficient (Wildman–Crippen LogP) is 4.48. The second kappa shape index (κ2) is 7.30. The first kappa shape index (κ1) is 16.2. The summed E-state index contributed by atoms with van der Waals surface area (Å²) in [7, 11) is 0. The number of carbonyl (C=O) groups excluding carboxylic acids is 1. The van der Waals surface area contributed by atoms with Gasteiger partial charge in [-0.3, -0.25) is 4.79 Å². The van der Waals surface area contributed by atoms with Crippen molar-refractivity contribution in [3.8, 4) is 0 Å². The Morgan fingerprint density at radius 2 is 1.56 bits per heavy atom. The Balaban J connectivity index is 1.63. The van der Waals surface area contributed by atoms with Crippen LogP contribution in [-0.4, -0.2) is 29.9 Å². The van der Waals surface area contributed by atoms with E-state index in [1.165, 1.54) is 37.7 Å². The molecule has 1 aliphatic carbocycles. The second-order valence-corrected chi connectivity index (χ2v) is 7.21. The number of para-hydroxylation sites is 1. The predicted molar refractivity (Wildman–Crippen MR) is 102 cm³/mol. The fourth-order valence-corrected chi connectivity index (χ4v) is 4.25. The summed E-state index contributed by atoms with van der Waals surface area (Å²) in [5.41, 5.74) is 3.19. The quantitative estimate of drug-likeness (QED) is 0.826. The van der Waals surface area contributed by atoms with Crippen LogP contribution in [0.5, 0.6) is 0 Å². The molecule has 1 saturated carbocycles. The average molecular weight is 334 g/mol. The molecule has 1 fully saturated rings. The SMILES string of the molecule is O=C1c2ccccc2N(C2CCCCC2)CCN1Cc1ccccc1. The molecule has 2 aromatic rings. The van der Waals surface area contributed by atoms with Gasteiger partial charge in [0, 0.05) is 31.4 Å². The maximum absolute atomic E-state index is 13.2. The minimum Gasteiger partial charge on any atom is -0.366 e. The summed E-state index contributed by atoms with van der Waals surface area (Å²) in [6, 6.07) is 19.1. The fraction of sp³-hybridized carbons (Fsp3) is 0.409. The van der Waals surface area contributed by atoms with Crippen molar-refractivity contribution in [2.24, 2.45) is 0 Å². The van der Waals surface area contributed by atoms with Gasteiger partial charge in [-0.15, -0.1) is 0 Å². The van der Waals surface area contributed by atoms with E-state index in [1.54, 1.807) is 0 Å². The van der Waals surface area contributed by atoms with Crippen LogP contribution in [0.25, 0.3) is 0 Å². The van der Waals surface area contributed by atoms with Crippen LogP contribution >= 0.6 is 0 Å². The van der Waals surface area contributed by atoms with Crippen molar-refractivity contribution in [3.63, 3.8) is 0 Å². The van der Waals surface area contributed by atoms with Gasteiger partial charge < -0.3 is 9.80 Å². The van der Waals surface area contributed by atoms with Gasteiger partial charge in [0.25, 0.3) is 5.91 Å². The highest BCUT2D eigenvalue weighted by Crippen LogP contribution is 2.32. The second-order valence-electron chi connectivity index (χ2n) is 7.21. The number of nitrogens with zero attached hydrogens (tertiary/aromatic N) is 2. The minimum absolute atomic E-state index is 0.165. The molecule has 4 rings (SSSR count). The van der Waals surface area contributed by atoms with E-state index in [2.05, 4.69) is 29.2 Å². The van der Waals surface area contributed by atoms with Crippen molar-refractivity contribution in [2.75, 3.05) is 18.0 Å². The minimum atomic E-state index is 0.165. The molecule has 130 valence electrons. The van der Waals surface area contributed by atoms with Crippen molar-refractivity contribution in [2.45, 2.75) is 44.7 Å². The smallest absolute Gasteiger partial charge is 0.256 e. The maximum Gasteiger partial charge on any atom is 0.256 e. The highest BCUT2D eigenvalue weighted by molar-refractivity contribution is 6.00. The van der Waals surface area contributed by atoms with Crippen molar-refractivity contribution in [1.82, 2.24) is 4.90 Å². The van der Waals surface area contributed by atoms with E-state index in [1.807, 2.05) is 35.2 Å². The van der Waals surface area contributed by atoms with Crippen LogP contribution in [0.2, 0.25) is 0 Å². The average Bonchev–Trinajstić information content (AvgIpc) is 2.81. The van der Waals surface area contributed by atoms with Crippen molar-refractivity contribution in [1.29, 1.82) is 0 Å². The first-order valence-electron chi connectivity index (χ1n) is 9.52. The topological polar surface area (TPSA) is 23.6 Å². The van der Waals surface area contributed by atoms with Crippen molar-refractivity contribution < 1.29 is 4.79 Å². The van der Waals surface area contributed by atoms with Gasteiger partial charge in [0.05, 0.1) is 5.56 Å².